The van der Waals surface area contributed by atoms with E-state index in [2.05, 4.69) is 0 Å². The van der Waals surface area contributed by atoms with Crippen LogP contribution in [0.1, 0.15) is 63.0 Å². The molecule has 0 saturated heterocycles. The van der Waals surface area contributed by atoms with Gasteiger partial charge in [-0.1, -0.05) is 19.3 Å². The van der Waals surface area contributed by atoms with Crippen LogP contribution in [-0.4, -0.2) is 12.7 Å². The first kappa shape index (κ1) is 13.7. The van der Waals surface area contributed by atoms with E-state index in [-0.39, 0.29) is 11.6 Å². The SMILES string of the molecule is COc1ccc2c(c1)[C@H](N)CC1(CCCCCCC1)O2. The topological polar surface area (TPSA) is 44.5 Å². The zero-order valence-corrected chi connectivity index (χ0v) is 12.4. The monoisotopic (exact) mass is 275 g/mol. The Balaban J connectivity index is 1.87. The first-order valence-electron chi connectivity index (χ1n) is 7.85. The van der Waals surface area contributed by atoms with E-state index >= 15 is 0 Å². The summed E-state index contributed by atoms with van der Waals surface area (Å²) in [6.07, 6.45) is 9.78. The van der Waals surface area contributed by atoms with Gasteiger partial charge in [-0.2, -0.15) is 0 Å². The van der Waals surface area contributed by atoms with E-state index in [0.717, 1.165) is 36.3 Å². The van der Waals surface area contributed by atoms with Crippen LogP contribution in [0.15, 0.2) is 18.2 Å². The van der Waals surface area contributed by atoms with Gasteiger partial charge in [-0.05, 0) is 43.9 Å². The molecule has 110 valence electrons. The molecular weight excluding hydrogens is 250 g/mol. The number of benzene rings is 1. The fourth-order valence-electron chi connectivity index (χ4n) is 3.68. The van der Waals surface area contributed by atoms with Crippen LogP contribution in [0.5, 0.6) is 11.5 Å². The lowest BCUT2D eigenvalue weighted by Gasteiger charge is -2.42. The van der Waals surface area contributed by atoms with Crippen molar-refractivity contribution in [2.75, 3.05) is 7.11 Å². The summed E-state index contributed by atoms with van der Waals surface area (Å²) in [7, 11) is 1.69. The highest BCUT2D eigenvalue weighted by atomic mass is 16.5. The Morgan fingerprint density at radius 2 is 1.85 bits per heavy atom. The van der Waals surface area contributed by atoms with Crippen LogP contribution in [-0.2, 0) is 0 Å². The zero-order chi connectivity index (χ0) is 14.0. The third-order valence-electron chi connectivity index (χ3n) is 4.80. The molecule has 0 radical (unpaired) electrons. The van der Waals surface area contributed by atoms with Crippen molar-refractivity contribution in [3.8, 4) is 11.5 Å². The molecule has 1 atom stereocenters. The van der Waals surface area contributed by atoms with Gasteiger partial charge in [0.2, 0.25) is 0 Å². The summed E-state index contributed by atoms with van der Waals surface area (Å²) in [4.78, 5) is 0. The van der Waals surface area contributed by atoms with Crippen LogP contribution in [0.2, 0.25) is 0 Å². The fraction of sp³-hybridized carbons (Fsp3) is 0.647. The highest BCUT2D eigenvalue weighted by Gasteiger charge is 2.39. The van der Waals surface area contributed by atoms with Crippen LogP contribution in [0.25, 0.3) is 0 Å². The predicted octanol–water partition coefficient (Wildman–Crippen LogP) is 3.96. The van der Waals surface area contributed by atoms with Crippen molar-refractivity contribution in [1.29, 1.82) is 0 Å². The summed E-state index contributed by atoms with van der Waals surface area (Å²) < 4.78 is 11.7. The molecule has 1 aromatic carbocycles. The number of hydrogen-bond acceptors (Lipinski definition) is 3. The second kappa shape index (κ2) is 5.65. The Bertz CT molecular complexity index is 464. The fourth-order valence-corrected chi connectivity index (χ4v) is 3.68. The van der Waals surface area contributed by atoms with Gasteiger partial charge in [-0.15, -0.1) is 0 Å². The molecule has 3 nitrogen and oxygen atoms in total. The number of nitrogens with two attached hydrogens (primary N) is 1. The maximum Gasteiger partial charge on any atom is 0.125 e. The maximum atomic E-state index is 6.43. The first-order chi connectivity index (χ1) is 9.72. The van der Waals surface area contributed by atoms with Gasteiger partial charge in [0.05, 0.1) is 7.11 Å². The molecule has 0 amide bonds. The molecule has 0 aromatic heterocycles. The molecule has 1 fully saturated rings. The van der Waals surface area contributed by atoms with Crippen LogP contribution in [0, 0.1) is 0 Å². The smallest absolute Gasteiger partial charge is 0.125 e. The van der Waals surface area contributed by atoms with Crippen LogP contribution in [0.3, 0.4) is 0 Å². The maximum absolute atomic E-state index is 6.43. The van der Waals surface area contributed by atoms with Gasteiger partial charge < -0.3 is 15.2 Å². The van der Waals surface area contributed by atoms with E-state index in [1.807, 2.05) is 18.2 Å². The Morgan fingerprint density at radius 1 is 1.15 bits per heavy atom. The second-order valence-electron chi connectivity index (χ2n) is 6.27. The van der Waals surface area contributed by atoms with Crippen molar-refractivity contribution in [1.82, 2.24) is 0 Å². The molecule has 1 aliphatic carbocycles. The van der Waals surface area contributed by atoms with E-state index in [1.165, 1.54) is 32.1 Å². The van der Waals surface area contributed by atoms with Gasteiger partial charge in [0.15, 0.2) is 0 Å². The van der Waals surface area contributed by atoms with E-state index < -0.39 is 0 Å². The Labute approximate surface area is 121 Å². The minimum atomic E-state index is -0.0264. The second-order valence-corrected chi connectivity index (χ2v) is 6.27. The lowest BCUT2D eigenvalue weighted by Crippen LogP contribution is -2.43. The summed E-state index contributed by atoms with van der Waals surface area (Å²) in [5.74, 6) is 1.82. The summed E-state index contributed by atoms with van der Waals surface area (Å²) >= 11 is 0. The van der Waals surface area contributed by atoms with Gasteiger partial charge in [0.1, 0.15) is 17.1 Å². The molecule has 1 aromatic rings. The molecule has 3 heteroatoms. The average molecular weight is 275 g/mol. The van der Waals surface area contributed by atoms with Crippen molar-refractivity contribution in [3.05, 3.63) is 23.8 Å². The number of fused-ring (bicyclic) bond motifs is 1. The minimum Gasteiger partial charge on any atom is -0.497 e. The highest BCUT2D eigenvalue weighted by molar-refractivity contribution is 5.44. The molecule has 2 aliphatic rings. The highest BCUT2D eigenvalue weighted by Crippen LogP contribution is 2.45. The number of hydrogen-bond donors (Lipinski definition) is 1. The van der Waals surface area contributed by atoms with E-state index in [4.69, 9.17) is 15.2 Å². The number of ether oxygens (including phenoxy) is 2. The molecule has 1 spiro atoms. The van der Waals surface area contributed by atoms with Crippen LogP contribution >= 0.6 is 0 Å². The van der Waals surface area contributed by atoms with Crippen LogP contribution in [0.4, 0.5) is 0 Å². The van der Waals surface area contributed by atoms with E-state index in [1.54, 1.807) is 7.11 Å². The van der Waals surface area contributed by atoms with Gasteiger partial charge in [0, 0.05) is 18.0 Å². The Kier molecular flexibility index (Phi) is 3.88. The Hall–Kier alpha value is -1.22. The van der Waals surface area contributed by atoms with Crippen molar-refractivity contribution < 1.29 is 9.47 Å². The van der Waals surface area contributed by atoms with Crippen LogP contribution < -0.4 is 15.2 Å². The first-order valence-corrected chi connectivity index (χ1v) is 7.85. The van der Waals surface area contributed by atoms with Crippen molar-refractivity contribution in [3.63, 3.8) is 0 Å². The van der Waals surface area contributed by atoms with Crippen molar-refractivity contribution in [2.24, 2.45) is 5.73 Å². The lowest BCUT2D eigenvalue weighted by atomic mass is 9.79. The number of rotatable bonds is 1. The molecular formula is C17H25NO2. The van der Waals surface area contributed by atoms with Gasteiger partial charge in [-0.3, -0.25) is 0 Å². The lowest BCUT2D eigenvalue weighted by molar-refractivity contribution is 0.0112. The molecule has 1 saturated carbocycles. The molecule has 3 rings (SSSR count). The zero-order valence-electron chi connectivity index (χ0n) is 12.4. The van der Waals surface area contributed by atoms with Gasteiger partial charge in [-0.25, -0.2) is 0 Å². The molecule has 1 heterocycles. The number of methoxy groups -OCH3 is 1. The molecule has 0 unspecified atom stereocenters. The summed E-state index contributed by atoms with van der Waals surface area (Å²) in [6, 6.07) is 6.07. The predicted molar refractivity (Wildman–Crippen MR) is 80.2 cm³/mol. The quantitative estimate of drug-likeness (QED) is 0.843. The van der Waals surface area contributed by atoms with Crippen molar-refractivity contribution in [2.45, 2.75) is 63.0 Å². The molecule has 2 N–H and O–H groups in total. The standard InChI is InChI=1S/C17H25NO2/c1-19-13-7-8-16-14(11-13)15(18)12-17(20-16)9-5-3-2-4-6-10-17/h7-8,11,15H,2-6,9-10,12,18H2,1H3/t15-/m1/s1. The largest absolute Gasteiger partial charge is 0.497 e. The van der Waals surface area contributed by atoms with Gasteiger partial charge in [0.25, 0.3) is 0 Å². The average Bonchev–Trinajstić information content (AvgIpc) is 2.43. The normalized spacial score (nSPS) is 25.2. The van der Waals surface area contributed by atoms with Crippen molar-refractivity contribution >= 4 is 0 Å². The third-order valence-corrected chi connectivity index (χ3v) is 4.80. The summed E-state index contributed by atoms with van der Waals surface area (Å²) in [6.45, 7) is 0. The summed E-state index contributed by atoms with van der Waals surface area (Å²) in [5, 5.41) is 0. The van der Waals surface area contributed by atoms with Gasteiger partial charge >= 0.3 is 0 Å². The Morgan fingerprint density at radius 3 is 2.55 bits per heavy atom. The molecule has 1 aliphatic heterocycles. The third kappa shape index (κ3) is 2.64. The molecule has 20 heavy (non-hydrogen) atoms. The van der Waals surface area contributed by atoms with E-state index in [9.17, 15) is 0 Å². The minimum absolute atomic E-state index is 0.0264. The summed E-state index contributed by atoms with van der Waals surface area (Å²) in [5.41, 5.74) is 7.50. The van der Waals surface area contributed by atoms with E-state index in [0.29, 0.717) is 0 Å². The molecule has 0 bridgehead atoms.